The maximum absolute atomic E-state index is 9.90. The van der Waals surface area contributed by atoms with Crippen molar-refractivity contribution in [2.75, 3.05) is 0 Å². The summed E-state index contributed by atoms with van der Waals surface area (Å²) >= 11 is 0. The molecule has 0 aliphatic rings. The van der Waals surface area contributed by atoms with Gasteiger partial charge >= 0.3 is 5.97 Å². The van der Waals surface area contributed by atoms with Crippen LogP contribution in [0.15, 0.2) is 0 Å². The van der Waals surface area contributed by atoms with Crippen LogP contribution in [0.3, 0.4) is 0 Å². The van der Waals surface area contributed by atoms with Gasteiger partial charge in [0.05, 0.1) is 6.04 Å². The zero-order valence-electron chi connectivity index (χ0n) is 5.00. The van der Waals surface area contributed by atoms with Crippen LogP contribution in [0.1, 0.15) is 12.8 Å². The summed E-state index contributed by atoms with van der Waals surface area (Å²) in [5, 5.41) is 8.13. The van der Waals surface area contributed by atoms with Gasteiger partial charge < -0.3 is 10.8 Å². The minimum absolute atomic E-state index is 0.0470. The number of nitrogens with two attached hydrogens (primary N) is 1. The second kappa shape index (κ2) is 3.93. The highest BCUT2D eigenvalue weighted by Gasteiger charge is 2.00. The molecule has 0 rings (SSSR count). The van der Waals surface area contributed by atoms with Crippen LogP contribution in [0.4, 0.5) is 0 Å². The van der Waals surface area contributed by atoms with E-state index in [0.29, 0.717) is 6.42 Å². The van der Waals surface area contributed by atoms with Crippen molar-refractivity contribution < 1.29 is 9.90 Å². The topological polar surface area (TPSA) is 63.3 Å². The Labute approximate surface area is 53.9 Å². The van der Waals surface area contributed by atoms with Crippen LogP contribution < -0.4 is 5.73 Å². The van der Waals surface area contributed by atoms with E-state index in [9.17, 15) is 4.79 Å². The highest BCUT2D eigenvalue weighted by molar-refractivity contribution is 5.66. The van der Waals surface area contributed by atoms with Crippen molar-refractivity contribution in [1.82, 2.24) is 0 Å². The van der Waals surface area contributed by atoms with Gasteiger partial charge in [0.25, 0.3) is 0 Å². The molecule has 1 atom stereocenters. The van der Waals surface area contributed by atoms with Gasteiger partial charge in [-0.05, 0) is 6.42 Å². The minimum Gasteiger partial charge on any atom is -0.481 e. The van der Waals surface area contributed by atoms with Crippen LogP contribution >= 0.6 is 0 Å². The molecular formula is C6H9NO2. The van der Waals surface area contributed by atoms with E-state index in [0.717, 1.165) is 0 Å². The fourth-order valence-corrected chi connectivity index (χ4v) is 0.362. The van der Waals surface area contributed by atoms with E-state index in [2.05, 4.69) is 5.92 Å². The first kappa shape index (κ1) is 7.99. The molecule has 0 heterocycles. The van der Waals surface area contributed by atoms with Crippen molar-refractivity contribution in [3.8, 4) is 12.3 Å². The van der Waals surface area contributed by atoms with Crippen LogP contribution in [0, 0.1) is 12.3 Å². The van der Waals surface area contributed by atoms with E-state index in [1.54, 1.807) is 0 Å². The summed E-state index contributed by atoms with van der Waals surface area (Å²) in [5.74, 6) is 1.37. The van der Waals surface area contributed by atoms with E-state index in [4.69, 9.17) is 17.3 Å². The van der Waals surface area contributed by atoms with Crippen molar-refractivity contribution in [1.29, 1.82) is 0 Å². The lowest BCUT2D eigenvalue weighted by Gasteiger charge is -1.98. The van der Waals surface area contributed by atoms with Crippen LogP contribution in [-0.4, -0.2) is 17.1 Å². The molecule has 0 aromatic heterocycles. The Balaban J connectivity index is 3.30. The highest BCUT2D eigenvalue weighted by atomic mass is 16.4. The Kier molecular flexibility index (Phi) is 3.49. The number of aliphatic carboxylic acids is 1. The van der Waals surface area contributed by atoms with Crippen molar-refractivity contribution in [3.63, 3.8) is 0 Å². The van der Waals surface area contributed by atoms with Gasteiger partial charge in [0.2, 0.25) is 0 Å². The normalized spacial score (nSPS) is 12.0. The largest absolute Gasteiger partial charge is 0.481 e. The summed E-state index contributed by atoms with van der Waals surface area (Å²) in [6.45, 7) is 0. The van der Waals surface area contributed by atoms with Crippen LogP contribution in [0.2, 0.25) is 0 Å². The molecule has 0 saturated carbocycles. The third-order valence-corrected chi connectivity index (χ3v) is 0.883. The van der Waals surface area contributed by atoms with Crippen molar-refractivity contribution in [2.24, 2.45) is 5.73 Å². The van der Waals surface area contributed by atoms with Crippen LogP contribution in [0.25, 0.3) is 0 Å². The Morgan fingerprint density at radius 3 is 2.78 bits per heavy atom. The number of carbonyl (C=O) groups is 1. The van der Waals surface area contributed by atoms with Crippen molar-refractivity contribution in [3.05, 3.63) is 0 Å². The number of hydrogen-bond donors (Lipinski definition) is 2. The second-order valence-corrected chi connectivity index (χ2v) is 1.71. The first-order chi connectivity index (χ1) is 4.16. The average Bonchev–Trinajstić information content (AvgIpc) is 1.83. The number of carboxylic acids is 1. The molecule has 50 valence electrons. The van der Waals surface area contributed by atoms with E-state index in [1.807, 2.05) is 0 Å². The van der Waals surface area contributed by atoms with Gasteiger partial charge in [0.1, 0.15) is 0 Å². The number of hydrogen-bond acceptors (Lipinski definition) is 2. The van der Waals surface area contributed by atoms with Crippen molar-refractivity contribution >= 4 is 5.97 Å². The third-order valence-electron chi connectivity index (χ3n) is 0.883. The second-order valence-electron chi connectivity index (χ2n) is 1.71. The molecule has 3 N–H and O–H groups in total. The molecule has 0 bridgehead atoms. The molecule has 0 saturated heterocycles. The zero-order chi connectivity index (χ0) is 7.28. The van der Waals surface area contributed by atoms with Gasteiger partial charge in [0, 0.05) is 6.42 Å². The van der Waals surface area contributed by atoms with Gasteiger partial charge in [-0.1, -0.05) is 5.92 Å². The average molecular weight is 127 g/mol. The molecule has 0 fully saturated rings. The van der Waals surface area contributed by atoms with Gasteiger partial charge in [0.15, 0.2) is 0 Å². The first-order valence-corrected chi connectivity index (χ1v) is 2.60. The molecule has 9 heavy (non-hydrogen) atoms. The predicted octanol–water partition coefficient (Wildman–Crippen LogP) is -0.188. The molecule has 0 aromatic carbocycles. The fourth-order valence-electron chi connectivity index (χ4n) is 0.362. The quantitative estimate of drug-likeness (QED) is 0.516. The van der Waals surface area contributed by atoms with E-state index >= 15 is 0 Å². The molecule has 0 spiro atoms. The highest BCUT2D eigenvalue weighted by Crippen LogP contribution is 1.91. The number of carboxylic acid groups (broad SMARTS) is 1. The van der Waals surface area contributed by atoms with E-state index < -0.39 is 12.0 Å². The molecule has 0 amide bonds. The van der Waals surface area contributed by atoms with Gasteiger partial charge in [-0.2, -0.15) is 0 Å². The predicted molar refractivity (Wildman–Crippen MR) is 33.7 cm³/mol. The Bertz CT molecular complexity index is 136. The lowest BCUT2D eigenvalue weighted by molar-refractivity contribution is -0.137. The SMILES string of the molecule is C#CC(N)CCC(=O)O. The molecule has 0 aromatic rings. The summed E-state index contributed by atoms with van der Waals surface area (Å²) in [4.78, 5) is 9.90. The molecule has 0 aliphatic carbocycles. The maximum Gasteiger partial charge on any atom is 0.303 e. The van der Waals surface area contributed by atoms with Crippen LogP contribution in [-0.2, 0) is 4.79 Å². The standard InChI is InChI=1S/C6H9NO2/c1-2-5(7)3-4-6(8)9/h1,5H,3-4,7H2,(H,8,9). The Morgan fingerprint density at radius 1 is 1.89 bits per heavy atom. The van der Waals surface area contributed by atoms with E-state index in [-0.39, 0.29) is 6.42 Å². The monoisotopic (exact) mass is 127 g/mol. The smallest absolute Gasteiger partial charge is 0.303 e. The fraction of sp³-hybridized carbons (Fsp3) is 0.500. The van der Waals surface area contributed by atoms with Gasteiger partial charge in [-0.25, -0.2) is 0 Å². The Morgan fingerprint density at radius 2 is 2.44 bits per heavy atom. The summed E-state index contributed by atoms with van der Waals surface area (Å²) in [6.07, 6.45) is 5.29. The minimum atomic E-state index is -0.860. The van der Waals surface area contributed by atoms with Gasteiger partial charge in [-0.3, -0.25) is 4.79 Å². The lowest BCUT2D eigenvalue weighted by Crippen LogP contribution is -2.18. The third kappa shape index (κ3) is 4.85. The summed E-state index contributed by atoms with van der Waals surface area (Å²) in [5.41, 5.74) is 5.22. The lowest BCUT2D eigenvalue weighted by atomic mass is 10.2. The summed E-state index contributed by atoms with van der Waals surface area (Å²) < 4.78 is 0. The zero-order valence-corrected chi connectivity index (χ0v) is 5.00. The summed E-state index contributed by atoms with van der Waals surface area (Å²) in [6, 6.07) is -0.416. The number of terminal acetylenes is 1. The molecule has 1 unspecified atom stereocenters. The molecule has 0 radical (unpaired) electrons. The Hall–Kier alpha value is -1.01. The maximum atomic E-state index is 9.90. The van der Waals surface area contributed by atoms with Gasteiger partial charge in [-0.15, -0.1) is 6.42 Å². The van der Waals surface area contributed by atoms with Crippen molar-refractivity contribution in [2.45, 2.75) is 18.9 Å². The molecule has 3 nitrogen and oxygen atoms in total. The van der Waals surface area contributed by atoms with Crippen LogP contribution in [0.5, 0.6) is 0 Å². The molecule has 3 heteroatoms. The first-order valence-electron chi connectivity index (χ1n) is 2.60. The molecular weight excluding hydrogens is 118 g/mol. The summed E-state index contributed by atoms with van der Waals surface area (Å²) in [7, 11) is 0. The molecule has 0 aliphatic heterocycles. The van der Waals surface area contributed by atoms with E-state index in [1.165, 1.54) is 0 Å². The number of rotatable bonds is 3.